The van der Waals surface area contributed by atoms with Crippen molar-refractivity contribution < 1.29 is 14.6 Å². The topological polar surface area (TPSA) is 58.6 Å². The molecule has 1 rings (SSSR count). The van der Waals surface area contributed by atoms with Crippen molar-refractivity contribution in [1.82, 2.24) is 5.32 Å². The second-order valence-electron chi connectivity index (χ2n) is 5.00. The molecule has 0 aliphatic heterocycles. The van der Waals surface area contributed by atoms with Gasteiger partial charge < -0.3 is 15.2 Å². The zero-order valence-corrected chi connectivity index (χ0v) is 11.0. The molecule has 1 aliphatic carbocycles. The van der Waals surface area contributed by atoms with Crippen molar-refractivity contribution in [2.75, 3.05) is 19.7 Å². The molecular weight excluding hydrogens is 218 g/mol. The van der Waals surface area contributed by atoms with Crippen molar-refractivity contribution in [3.8, 4) is 0 Å². The highest BCUT2D eigenvalue weighted by Crippen LogP contribution is 2.42. The number of carbonyl (C=O) groups excluding carboxylic acids is 1. The van der Waals surface area contributed by atoms with E-state index in [2.05, 4.69) is 12.2 Å². The monoisotopic (exact) mass is 243 g/mol. The Bertz CT molecular complexity index is 233. The highest BCUT2D eigenvalue weighted by molar-refractivity contribution is 5.69. The maximum absolute atomic E-state index is 11.1. The summed E-state index contributed by atoms with van der Waals surface area (Å²) in [6, 6.07) is 0. The third-order valence-corrected chi connectivity index (χ3v) is 3.75. The van der Waals surface area contributed by atoms with E-state index in [0.29, 0.717) is 18.6 Å². The average Bonchev–Trinajstić information content (AvgIpc) is 2.22. The van der Waals surface area contributed by atoms with E-state index in [4.69, 9.17) is 4.74 Å². The van der Waals surface area contributed by atoms with Gasteiger partial charge in [0.1, 0.15) is 0 Å². The molecule has 0 radical (unpaired) electrons. The van der Waals surface area contributed by atoms with Crippen molar-refractivity contribution >= 4 is 5.97 Å². The average molecular weight is 243 g/mol. The van der Waals surface area contributed by atoms with Crippen LogP contribution in [-0.2, 0) is 9.53 Å². The number of ether oxygens (including phenoxy) is 1. The van der Waals surface area contributed by atoms with Gasteiger partial charge in [-0.2, -0.15) is 0 Å². The van der Waals surface area contributed by atoms with Crippen molar-refractivity contribution in [2.45, 2.75) is 52.1 Å². The van der Waals surface area contributed by atoms with Gasteiger partial charge in [0.25, 0.3) is 0 Å². The van der Waals surface area contributed by atoms with Crippen LogP contribution in [0.5, 0.6) is 0 Å². The highest BCUT2D eigenvalue weighted by Gasteiger charge is 2.34. The first-order valence-corrected chi connectivity index (χ1v) is 6.66. The molecule has 2 N–H and O–H groups in total. The van der Waals surface area contributed by atoms with E-state index in [1.54, 1.807) is 6.92 Å². The van der Waals surface area contributed by atoms with E-state index < -0.39 is 6.10 Å². The molecule has 1 atom stereocenters. The van der Waals surface area contributed by atoms with Crippen LogP contribution < -0.4 is 5.32 Å². The zero-order valence-electron chi connectivity index (χ0n) is 11.0. The largest absolute Gasteiger partial charge is 0.466 e. The van der Waals surface area contributed by atoms with Gasteiger partial charge in [0.05, 0.1) is 19.1 Å². The second-order valence-corrected chi connectivity index (χ2v) is 5.00. The minimum absolute atomic E-state index is 0.0833. The van der Waals surface area contributed by atoms with Gasteiger partial charge in [-0.15, -0.1) is 0 Å². The van der Waals surface area contributed by atoms with Crippen molar-refractivity contribution in [2.24, 2.45) is 5.41 Å². The Kier molecular flexibility index (Phi) is 5.92. The lowest BCUT2D eigenvalue weighted by Crippen LogP contribution is -2.42. The van der Waals surface area contributed by atoms with Gasteiger partial charge in [-0.05, 0) is 31.6 Å². The summed E-state index contributed by atoms with van der Waals surface area (Å²) in [7, 11) is 0. The summed E-state index contributed by atoms with van der Waals surface area (Å²) in [5.74, 6) is -0.323. The number of esters is 1. The maximum atomic E-state index is 11.1. The van der Waals surface area contributed by atoms with Crippen LogP contribution >= 0.6 is 0 Å². The highest BCUT2D eigenvalue weighted by atomic mass is 16.5. The molecule has 0 aromatic rings. The zero-order chi connectivity index (χ0) is 12.7. The number of aliphatic hydroxyl groups excluding tert-OH is 1. The minimum atomic E-state index is -0.636. The smallest absolute Gasteiger partial charge is 0.308 e. The summed E-state index contributed by atoms with van der Waals surface area (Å²) in [5, 5.41) is 12.9. The van der Waals surface area contributed by atoms with Crippen LogP contribution in [0.3, 0.4) is 0 Å². The number of hydrogen-bond acceptors (Lipinski definition) is 4. The summed E-state index contributed by atoms with van der Waals surface area (Å²) in [4.78, 5) is 11.1. The van der Waals surface area contributed by atoms with Gasteiger partial charge in [-0.1, -0.05) is 13.3 Å². The maximum Gasteiger partial charge on any atom is 0.308 e. The van der Waals surface area contributed by atoms with Gasteiger partial charge in [-0.3, -0.25) is 4.79 Å². The number of nitrogens with one attached hydrogen (secondary N) is 1. The first-order chi connectivity index (χ1) is 8.12. The fourth-order valence-electron chi connectivity index (χ4n) is 2.32. The van der Waals surface area contributed by atoms with Crippen LogP contribution in [0.4, 0.5) is 0 Å². The van der Waals surface area contributed by atoms with Crippen molar-refractivity contribution in [3.05, 3.63) is 0 Å². The predicted molar refractivity (Wildman–Crippen MR) is 66.7 cm³/mol. The molecule has 4 heteroatoms. The molecule has 17 heavy (non-hydrogen) atoms. The molecule has 0 aromatic heterocycles. The van der Waals surface area contributed by atoms with E-state index in [9.17, 15) is 9.90 Å². The number of aliphatic hydroxyl groups is 1. The third kappa shape index (κ3) is 4.64. The summed E-state index contributed by atoms with van der Waals surface area (Å²) >= 11 is 0. The molecular formula is C13H25NO3. The quantitative estimate of drug-likeness (QED) is 0.634. The van der Waals surface area contributed by atoms with Gasteiger partial charge >= 0.3 is 5.97 Å². The number of carbonyl (C=O) groups is 1. The first-order valence-electron chi connectivity index (χ1n) is 6.66. The van der Waals surface area contributed by atoms with Crippen LogP contribution in [0.15, 0.2) is 0 Å². The fraction of sp³-hybridized carbons (Fsp3) is 0.923. The summed E-state index contributed by atoms with van der Waals surface area (Å²) in [6.45, 7) is 5.78. The summed E-state index contributed by atoms with van der Waals surface area (Å²) < 4.78 is 4.79. The Morgan fingerprint density at radius 3 is 2.65 bits per heavy atom. The van der Waals surface area contributed by atoms with Gasteiger partial charge in [0.2, 0.25) is 0 Å². The molecule has 0 saturated heterocycles. The molecule has 0 amide bonds. The minimum Gasteiger partial charge on any atom is -0.466 e. The Morgan fingerprint density at radius 2 is 2.18 bits per heavy atom. The molecule has 1 unspecified atom stereocenters. The lowest BCUT2D eigenvalue weighted by atomic mass is 9.67. The van der Waals surface area contributed by atoms with E-state index in [1.165, 1.54) is 25.7 Å². The fourth-order valence-corrected chi connectivity index (χ4v) is 2.32. The molecule has 100 valence electrons. The molecule has 0 bridgehead atoms. The van der Waals surface area contributed by atoms with E-state index in [0.717, 1.165) is 6.54 Å². The normalized spacial score (nSPS) is 19.5. The predicted octanol–water partition coefficient (Wildman–Crippen LogP) is 1.47. The second kappa shape index (κ2) is 6.97. The van der Waals surface area contributed by atoms with Crippen molar-refractivity contribution in [1.29, 1.82) is 0 Å². The molecule has 1 saturated carbocycles. The third-order valence-electron chi connectivity index (χ3n) is 3.75. The van der Waals surface area contributed by atoms with Gasteiger partial charge in [0, 0.05) is 13.1 Å². The van der Waals surface area contributed by atoms with Gasteiger partial charge in [-0.25, -0.2) is 0 Å². The lowest BCUT2D eigenvalue weighted by molar-refractivity contribution is -0.145. The molecule has 0 aromatic carbocycles. The number of hydrogen-bond donors (Lipinski definition) is 2. The van der Waals surface area contributed by atoms with Crippen molar-refractivity contribution in [3.63, 3.8) is 0 Å². The van der Waals surface area contributed by atoms with E-state index in [-0.39, 0.29) is 12.4 Å². The standard InChI is InChI=1S/C13H25NO3/c1-3-13(6-5-7-13)10-14-9-11(15)8-12(16)17-4-2/h11,14-15H,3-10H2,1-2H3. The first kappa shape index (κ1) is 14.5. The Balaban J connectivity index is 2.11. The van der Waals surface area contributed by atoms with E-state index >= 15 is 0 Å². The Labute approximate surface area is 104 Å². The molecule has 1 aliphatic rings. The summed E-state index contributed by atoms with van der Waals surface area (Å²) in [6.07, 6.45) is 4.52. The molecule has 0 heterocycles. The molecule has 1 fully saturated rings. The molecule has 4 nitrogen and oxygen atoms in total. The molecule has 0 spiro atoms. The number of rotatable bonds is 8. The summed E-state index contributed by atoms with van der Waals surface area (Å²) in [5.41, 5.74) is 0.448. The van der Waals surface area contributed by atoms with Crippen LogP contribution in [0.25, 0.3) is 0 Å². The van der Waals surface area contributed by atoms with Crippen LogP contribution in [0.2, 0.25) is 0 Å². The SMILES string of the molecule is CCOC(=O)CC(O)CNCC1(CC)CCC1. The van der Waals surface area contributed by atoms with Crippen LogP contribution in [0, 0.1) is 5.41 Å². The Hall–Kier alpha value is -0.610. The Morgan fingerprint density at radius 1 is 1.47 bits per heavy atom. The van der Waals surface area contributed by atoms with Crippen LogP contribution in [0.1, 0.15) is 46.0 Å². The lowest BCUT2D eigenvalue weighted by Gasteiger charge is -2.41. The van der Waals surface area contributed by atoms with Crippen LogP contribution in [-0.4, -0.2) is 36.9 Å². The van der Waals surface area contributed by atoms with Gasteiger partial charge in [0.15, 0.2) is 0 Å². The van der Waals surface area contributed by atoms with E-state index in [1.807, 2.05) is 0 Å².